The predicted molar refractivity (Wildman–Crippen MR) is 63.4 cm³/mol. The Morgan fingerprint density at radius 3 is 2.40 bits per heavy atom. The van der Waals surface area contributed by atoms with Crippen molar-refractivity contribution in [3.8, 4) is 15.6 Å². The second kappa shape index (κ2) is 3.66. The summed E-state index contributed by atoms with van der Waals surface area (Å²) in [6.45, 7) is 5.99. The summed E-state index contributed by atoms with van der Waals surface area (Å²) in [5.74, 6) is 0. The van der Waals surface area contributed by atoms with Crippen LogP contribution in [0.1, 0.15) is 16.8 Å². The lowest BCUT2D eigenvalue weighted by Gasteiger charge is -2.01. The molecule has 1 heterocycles. The van der Waals surface area contributed by atoms with Crippen molar-refractivity contribution in [3.63, 3.8) is 0 Å². The molecule has 0 aliphatic heterocycles. The van der Waals surface area contributed by atoms with Gasteiger partial charge in [0.25, 0.3) is 0 Å². The largest absolute Gasteiger partial charge is 0.498 e. The number of nitrogens with zero attached hydrogens (tertiary/aromatic N) is 1. The summed E-state index contributed by atoms with van der Waals surface area (Å²) in [5.41, 5.74) is 4.30. The molecule has 0 amide bonds. The number of benzene rings is 1. The van der Waals surface area contributed by atoms with Crippen LogP contribution in [0.4, 0.5) is 0 Å². The van der Waals surface area contributed by atoms with E-state index in [2.05, 4.69) is 31.0 Å². The molecule has 0 saturated heterocycles. The Kier molecular flexibility index (Phi) is 2.49. The first-order valence-corrected chi connectivity index (χ1v) is 5.63. The van der Waals surface area contributed by atoms with Crippen LogP contribution in [-0.2, 0) is 0 Å². The van der Waals surface area contributed by atoms with Crippen LogP contribution in [0.25, 0.3) is 10.6 Å². The zero-order valence-corrected chi connectivity index (χ0v) is 9.85. The second-order valence-electron chi connectivity index (χ2n) is 3.71. The minimum atomic E-state index is 0.309. The fourth-order valence-electron chi connectivity index (χ4n) is 1.39. The molecular formula is C12H13NOS. The van der Waals surface area contributed by atoms with Crippen LogP contribution in [0.3, 0.4) is 0 Å². The van der Waals surface area contributed by atoms with E-state index in [9.17, 15) is 5.11 Å². The van der Waals surface area contributed by atoms with Crippen LogP contribution in [0.5, 0.6) is 5.06 Å². The van der Waals surface area contributed by atoms with E-state index in [1.165, 1.54) is 22.5 Å². The fraction of sp³-hybridized carbons (Fsp3) is 0.250. The number of hydrogen-bond acceptors (Lipinski definition) is 3. The fourth-order valence-corrected chi connectivity index (χ4v) is 2.19. The third kappa shape index (κ3) is 1.88. The molecule has 0 saturated carbocycles. The zero-order valence-electron chi connectivity index (χ0n) is 9.03. The molecule has 3 heteroatoms. The molecule has 0 radical (unpaired) electrons. The van der Waals surface area contributed by atoms with Crippen molar-refractivity contribution in [2.24, 2.45) is 0 Å². The first-order chi connectivity index (χ1) is 7.08. The maximum Gasteiger partial charge on any atom is 0.195 e. The van der Waals surface area contributed by atoms with E-state index in [0.29, 0.717) is 10.8 Å². The van der Waals surface area contributed by atoms with Crippen LogP contribution in [0, 0.1) is 20.8 Å². The number of aromatic hydroxyl groups is 1. The average Bonchev–Trinajstić information content (AvgIpc) is 2.52. The maximum absolute atomic E-state index is 9.48. The van der Waals surface area contributed by atoms with E-state index >= 15 is 0 Å². The Balaban J connectivity index is 2.49. The SMILES string of the molecule is Cc1ccc(-c2nc(C)c(O)s2)cc1C. The lowest BCUT2D eigenvalue weighted by molar-refractivity contribution is 0.485. The van der Waals surface area contributed by atoms with Crippen molar-refractivity contribution in [1.29, 1.82) is 0 Å². The van der Waals surface area contributed by atoms with Gasteiger partial charge in [0.15, 0.2) is 5.06 Å². The van der Waals surface area contributed by atoms with Crippen LogP contribution < -0.4 is 0 Å². The summed E-state index contributed by atoms with van der Waals surface area (Å²) in [6.07, 6.45) is 0. The summed E-state index contributed by atoms with van der Waals surface area (Å²) in [4.78, 5) is 4.32. The van der Waals surface area contributed by atoms with Gasteiger partial charge >= 0.3 is 0 Å². The highest BCUT2D eigenvalue weighted by atomic mass is 32.1. The molecule has 0 aliphatic carbocycles. The molecule has 2 aromatic rings. The number of hydrogen-bond donors (Lipinski definition) is 1. The quantitative estimate of drug-likeness (QED) is 0.797. The summed E-state index contributed by atoms with van der Waals surface area (Å²) in [7, 11) is 0. The topological polar surface area (TPSA) is 33.1 Å². The van der Waals surface area contributed by atoms with Crippen LogP contribution >= 0.6 is 11.3 Å². The van der Waals surface area contributed by atoms with Gasteiger partial charge in [-0.2, -0.15) is 0 Å². The van der Waals surface area contributed by atoms with Crippen molar-refractivity contribution in [2.75, 3.05) is 0 Å². The molecule has 0 spiro atoms. The molecule has 0 fully saturated rings. The molecule has 15 heavy (non-hydrogen) atoms. The van der Waals surface area contributed by atoms with E-state index in [4.69, 9.17) is 0 Å². The highest BCUT2D eigenvalue weighted by Gasteiger charge is 2.08. The molecule has 1 N–H and O–H groups in total. The number of thiazole rings is 1. The van der Waals surface area contributed by atoms with Gasteiger partial charge in [0, 0.05) is 5.56 Å². The van der Waals surface area contributed by atoms with Crippen molar-refractivity contribution in [3.05, 3.63) is 35.0 Å². The molecule has 2 nitrogen and oxygen atoms in total. The van der Waals surface area contributed by atoms with E-state index < -0.39 is 0 Å². The van der Waals surface area contributed by atoms with E-state index in [1.807, 2.05) is 13.0 Å². The molecule has 1 aromatic carbocycles. The first-order valence-electron chi connectivity index (χ1n) is 4.82. The second-order valence-corrected chi connectivity index (χ2v) is 4.69. The Morgan fingerprint density at radius 2 is 1.87 bits per heavy atom. The first kappa shape index (κ1) is 10.2. The Hall–Kier alpha value is -1.35. The van der Waals surface area contributed by atoms with Crippen LogP contribution in [-0.4, -0.2) is 10.1 Å². The standard InChI is InChI=1S/C12H13NOS/c1-7-4-5-10(6-8(7)2)11-13-9(3)12(14)15-11/h4-6,14H,1-3H3. The zero-order chi connectivity index (χ0) is 11.0. The normalized spacial score (nSPS) is 10.6. The molecule has 78 valence electrons. The lowest BCUT2D eigenvalue weighted by atomic mass is 10.1. The summed E-state index contributed by atoms with van der Waals surface area (Å²) in [5, 5.41) is 10.7. The van der Waals surface area contributed by atoms with Gasteiger partial charge in [-0.1, -0.05) is 23.5 Å². The molecule has 1 aromatic heterocycles. The van der Waals surface area contributed by atoms with Gasteiger partial charge in [0.05, 0.1) is 5.69 Å². The summed E-state index contributed by atoms with van der Waals surface area (Å²) < 4.78 is 0. The Morgan fingerprint density at radius 1 is 1.13 bits per heavy atom. The molecule has 0 unspecified atom stereocenters. The molecular weight excluding hydrogens is 206 g/mol. The van der Waals surface area contributed by atoms with E-state index in [-0.39, 0.29) is 0 Å². The van der Waals surface area contributed by atoms with Gasteiger partial charge in [-0.05, 0) is 38.0 Å². The summed E-state index contributed by atoms with van der Waals surface area (Å²) >= 11 is 1.33. The minimum Gasteiger partial charge on any atom is -0.498 e. The van der Waals surface area contributed by atoms with Crippen molar-refractivity contribution in [1.82, 2.24) is 4.98 Å². The number of rotatable bonds is 1. The molecule has 0 atom stereocenters. The minimum absolute atomic E-state index is 0.309. The lowest BCUT2D eigenvalue weighted by Crippen LogP contribution is -1.82. The van der Waals surface area contributed by atoms with E-state index in [0.717, 1.165) is 10.6 Å². The van der Waals surface area contributed by atoms with Crippen molar-refractivity contribution >= 4 is 11.3 Å². The Bertz CT molecular complexity index is 483. The van der Waals surface area contributed by atoms with Gasteiger partial charge in [-0.25, -0.2) is 4.98 Å². The number of aryl methyl sites for hydroxylation is 3. The highest BCUT2D eigenvalue weighted by molar-refractivity contribution is 7.16. The number of aromatic nitrogens is 1. The van der Waals surface area contributed by atoms with Gasteiger partial charge in [0.2, 0.25) is 0 Å². The summed E-state index contributed by atoms with van der Waals surface area (Å²) in [6, 6.07) is 6.23. The Labute approximate surface area is 93.2 Å². The van der Waals surface area contributed by atoms with Crippen molar-refractivity contribution in [2.45, 2.75) is 20.8 Å². The molecule has 0 bridgehead atoms. The highest BCUT2D eigenvalue weighted by Crippen LogP contribution is 2.32. The monoisotopic (exact) mass is 219 g/mol. The molecule has 0 aliphatic rings. The molecule has 2 rings (SSSR count). The third-order valence-corrected chi connectivity index (χ3v) is 3.54. The van der Waals surface area contributed by atoms with Gasteiger partial charge < -0.3 is 5.11 Å². The van der Waals surface area contributed by atoms with Gasteiger partial charge in [-0.3, -0.25) is 0 Å². The van der Waals surface area contributed by atoms with Gasteiger partial charge in [0.1, 0.15) is 5.01 Å². The smallest absolute Gasteiger partial charge is 0.195 e. The van der Waals surface area contributed by atoms with Gasteiger partial charge in [-0.15, -0.1) is 0 Å². The van der Waals surface area contributed by atoms with E-state index in [1.54, 1.807) is 0 Å². The van der Waals surface area contributed by atoms with Crippen molar-refractivity contribution < 1.29 is 5.11 Å². The van der Waals surface area contributed by atoms with Crippen LogP contribution in [0.15, 0.2) is 18.2 Å². The predicted octanol–water partition coefficient (Wildman–Crippen LogP) is 3.44. The average molecular weight is 219 g/mol. The third-order valence-electron chi connectivity index (χ3n) is 2.53. The maximum atomic E-state index is 9.48. The van der Waals surface area contributed by atoms with Crippen LogP contribution in [0.2, 0.25) is 0 Å².